The van der Waals surface area contributed by atoms with Crippen molar-refractivity contribution in [1.29, 1.82) is 0 Å². The lowest BCUT2D eigenvalue weighted by Crippen LogP contribution is -2.33. The van der Waals surface area contributed by atoms with Gasteiger partial charge in [-0.15, -0.1) is 0 Å². The molecule has 4 nitrogen and oxygen atoms in total. The number of rotatable bonds is 7. The van der Waals surface area contributed by atoms with E-state index >= 15 is 0 Å². The van der Waals surface area contributed by atoms with E-state index in [-0.39, 0.29) is 5.91 Å². The number of amides is 1. The van der Waals surface area contributed by atoms with E-state index in [1.807, 2.05) is 42.5 Å². The number of carbonyl (C=O) groups is 1. The number of nitrogens with one attached hydrogen (secondary N) is 1. The summed E-state index contributed by atoms with van der Waals surface area (Å²) in [6.45, 7) is 6.47. The highest BCUT2D eigenvalue weighted by Crippen LogP contribution is 2.13. The number of hydrogen-bond acceptors (Lipinski definition) is 3. The molecule has 2 aromatic carbocycles. The van der Waals surface area contributed by atoms with Gasteiger partial charge < -0.3 is 10.2 Å². The van der Waals surface area contributed by atoms with Crippen LogP contribution in [0, 0.1) is 0 Å². The van der Waals surface area contributed by atoms with Crippen LogP contribution < -0.4 is 5.32 Å². The number of oxime groups is 1. The number of nitrogens with zero attached hydrogens (tertiary/aromatic N) is 1. The van der Waals surface area contributed by atoms with Gasteiger partial charge in [-0.2, -0.15) is 0 Å². The summed E-state index contributed by atoms with van der Waals surface area (Å²) in [5, 5.41) is 6.74. The van der Waals surface area contributed by atoms with Crippen LogP contribution >= 0.6 is 0 Å². The van der Waals surface area contributed by atoms with Gasteiger partial charge in [0, 0.05) is 6.54 Å². The maximum atomic E-state index is 12.0. The molecule has 126 valence electrons. The molecule has 0 aromatic heterocycles. The molecule has 0 bridgehead atoms. The standard InChI is InChI=1S/C20H24N2O2/c1-15(2)19-11-9-18(10-12-19)14-22-24-16(3)20(23)21-13-17-7-5-4-6-8-17/h4-12,14-16H,13H2,1-3H3,(H,21,23)/b22-14-/t16-/m0/s1. The predicted molar refractivity (Wildman–Crippen MR) is 97.0 cm³/mol. The topological polar surface area (TPSA) is 50.7 Å². The summed E-state index contributed by atoms with van der Waals surface area (Å²) in [5.74, 6) is 0.312. The van der Waals surface area contributed by atoms with Crippen LogP contribution in [0.15, 0.2) is 59.8 Å². The van der Waals surface area contributed by atoms with Crippen molar-refractivity contribution in [2.45, 2.75) is 39.3 Å². The average Bonchev–Trinajstić information content (AvgIpc) is 2.61. The Morgan fingerprint density at radius 2 is 1.75 bits per heavy atom. The van der Waals surface area contributed by atoms with E-state index in [1.165, 1.54) is 5.56 Å². The minimum atomic E-state index is -0.639. The summed E-state index contributed by atoms with van der Waals surface area (Å²) in [6.07, 6.45) is 0.977. The van der Waals surface area contributed by atoms with Gasteiger partial charge in [0.25, 0.3) is 5.91 Å². The Balaban J connectivity index is 1.79. The normalized spacial score (nSPS) is 12.3. The highest BCUT2D eigenvalue weighted by Gasteiger charge is 2.13. The smallest absolute Gasteiger partial charge is 0.263 e. The molecule has 24 heavy (non-hydrogen) atoms. The number of benzene rings is 2. The Bertz CT molecular complexity index is 664. The van der Waals surface area contributed by atoms with Crippen molar-refractivity contribution in [3.8, 4) is 0 Å². The average molecular weight is 324 g/mol. The molecule has 0 spiro atoms. The van der Waals surface area contributed by atoms with E-state index < -0.39 is 6.10 Å². The second-order valence-corrected chi connectivity index (χ2v) is 6.01. The van der Waals surface area contributed by atoms with Crippen LogP contribution in [0.25, 0.3) is 0 Å². The van der Waals surface area contributed by atoms with Crippen molar-refractivity contribution in [2.75, 3.05) is 0 Å². The van der Waals surface area contributed by atoms with Crippen molar-refractivity contribution < 1.29 is 9.63 Å². The van der Waals surface area contributed by atoms with Crippen LogP contribution in [-0.4, -0.2) is 18.2 Å². The van der Waals surface area contributed by atoms with Crippen LogP contribution in [0.4, 0.5) is 0 Å². The van der Waals surface area contributed by atoms with Gasteiger partial charge >= 0.3 is 0 Å². The zero-order chi connectivity index (χ0) is 17.4. The van der Waals surface area contributed by atoms with E-state index in [2.05, 4.69) is 36.5 Å². The highest BCUT2D eigenvalue weighted by atomic mass is 16.6. The van der Waals surface area contributed by atoms with Gasteiger partial charge in [-0.3, -0.25) is 4.79 Å². The molecule has 0 aliphatic carbocycles. The third kappa shape index (κ3) is 5.54. The van der Waals surface area contributed by atoms with Gasteiger partial charge in [0.15, 0.2) is 0 Å². The first-order valence-corrected chi connectivity index (χ1v) is 8.17. The minimum absolute atomic E-state index is 0.189. The van der Waals surface area contributed by atoms with E-state index in [4.69, 9.17) is 4.84 Å². The lowest BCUT2D eigenvalue weighted by Gasteiger charge is -2.10. The Labute approximate surface area is 143 Å². The van der Waals surface area contributed by atoms with E-state index in [1.54, 1.807) is 13.1 Å². The molecule has 2 aromatic rings. The maximum absolute atomic E-state index is 12.0. The Morgan fingerprint density at radius 1 is 1.08 bits per heavy atom. The molecular weight excluding hydrogens is 300 g/mol. The predicted octanol–water partition coefficient (Wildman–Crippen LogP) is 3.87. The first kappa shape index (κ1) is 17.7. The van der Waals surface area contributed by atoms with Crippen LogP contribution in [0.3, 0.4) is 0 Å². The first-order valence-electron chi connectivity index (χ1n) is 8.17. The minimum Gasteiger partial charge on any atom is -0.383 e. The maximum Gasteiger partial charge on any atom is 0.263 e. The molecular formula is C20H24N2O2. The quantitative estimate of drug-likeness (QED) is 0.621. The molecule has 1 atom stereocenters. The molecule has 4 heteroatoms. The van der Waals surface area contributed by atoms with E-state index in [9.17, 15) is 4.79 Å². The van der Waals surface area contributed by atoms with Crippen LogP contribution in [0.2, 0.25) is 0 Å². The fraction of sp³-hybridized carbons (Fsp3) is 0.300. The summed E-state index contributed by atoms with van der Waals surface area (Å²) in [7, 11) is 0. The molecule has 1 N–H and O–H groups in total. The van der Waals surface area contributed by atoms with Gasteiger partial charge in [-0.1, -0.05) is 73.6 Å². The molecule has 1 amide bonds. The molecule has 0 saturated carbocycles. The fourth-order valence-corrected chi connectivity index (χ4v) is 2.13. The van der Waals surface area contributed by atoms with Crippen LogP contribution in [-0.2, 0) is 16.2 Å². The zero-order valence-corrected chi connectivity index (χ0v) is 14.4. The monoisotopic (exact) mass is 324 g/mol. The summed E-state index contributed by atoms with van der Waals surface area (Å²) in [4.78, 5) is 17.2. The second kappa shape index (κ2) is 8.87. The lowest BCUT2D eigenvalue weighted by molar-refractivity contribution is -0.131. The summed E-state index contributed by atoms with van der Waals surface area (Å²) in [6, 6.07) is 17.9. The molecule has 0 saturated heterocycles. The number of carbonyl (C=O) groups excluding carboxylic acids is 1. The lowest BCUT2D eigenvalue weighted by atomic mass is 10.0. The molecule has 0 fully saturated rings. The van der Waals surface area contributed by atoms with E-state index in [0.717, 1.165) is 11.1 Å². The molecule has 2 rings (SSSR count). The van der Waals surface area contributed by atoms with Gasteiger partial charge in [0.05, 0.1) is 6.21 Å². The van der Waals surface area contributed by atoms with Gasteiger partial charge in [-0.05, 0) is 29.5 Å². The summed E-state index contributed by atoms with van der Waals surface area (Å²) >= 11 is 0. The van der Waals surface area contributed by atoms with Crippen molar-refractivity contribution in [1.82, 2.24) is 5.32 Å². The second-order valence-electron chi connectivity index (χ2n) is 6.01. The Kier molecular flexibility index (Phi) is 6.55. The van der Waals surface area contributed by atoms with Crippen molar-refractivity contribution in [2.24, 2.45) is 5.16 Å². The van der Waals surface area contributed by atoms with Crippen LogP contribution in [0.5, 0.6) is 0 Å². The molecule has 0 radical (unpaired) electrons. The molecule has 0 aliphatic rings. The Morgan fingerprint density at radius 3 is 2.38 bits per heavy atom. The molecule has 0 unspecified atom stereocenters. The largest absolute Gasteiger partial charge is 0.383 e. The summed E-state index contributed by atoms with van der Waals surface area (Å²) < 4.78 is 0. The fourth-order valence-electron chi connectivity index (χ4n) is 2.13. The van der Waals surface area contributed by atoms with Gasteiger partial charge in [0.2, 0.25) is 6.10 Å². The van der Waals surface area contributed by atoms with Crippen molar-refractivity contribution in [3.63, 3.8) is 0 Å². The SMILES string of the molecule is CC(C)c1ccc(/C=N\O[C@@H](C)C(=O)NCc2ccccc2)cc1. The van der Waals surface area contributed by atoms with Crippen molar-refractivity contribution >= 4 is 12.1 Å². The van der Waals surface area contributed by atoms with Crippen LogP contribution in [0.1, 0.15) is 43.4 Å². The van der Waals surface area contributed by atoms with Gasteiger partial charge in [0.1, 0.15) is 0 Å². The highest BCUT2D eigenvalue weighted by molar-refractivity contribution is 5.81. The Hall–Kier alpha value is -2.62. The molecule has 0 heterocycles. The van der Waals surface area contributed by atoms with Gasteiger partial charge in [-0.25, -0.2) is 0 Å². The summed E-state index contributed by atoms with van der Waals surface area (Å²) in [5.41, 5.74) is 3.27. The third-order valence-corrected chi connectivity index (χ3v) is 3.70. The zero-order valence-electron chi connectivity index (χ0n) is 14.4. The van der Waals surface area contributed by atoms with Crippen molar-refractivity contribution in [3.05, 3.63) is 71.3 Å². The number of hydrogen-bond donors (Lipinski definition) is 1. The first-order chi connectivity index (χ1) is 11.6. The molecule has 0 aliphatic heterocycles. The third-order valence-electron chi connectivity index (χ3n) is 3.70. The van der Waals surface area contributed by atoms with E-state index in [0.29, 0.717) is 12.5 Å².